The van der Waals surface area contributed by atoms with Gasteiger partial charge >= 0.3 is 5.97 Å². The van der Waals surface area contributed by atoms with Gasteiger partial charge in [0, 0.05) is 49.7 Å². The Morgan fingerprint density at radius 2 is 1.71 bits per heavy atom. The third kappa shape index (κ3) is 2.73. The van der Waals surface area contributed by atoms with Gasteiger partial charge in [-0.3, -0.25) is 0 Å². The number of cyclic esters (lactones) is 1. The number of hydrogen-bond donors (Lipinski definition) is 0. The Kier molecular flexibility index (Phi) is 4.47. The minimum Gasteiger partial charge on any atom is -0.449 e. The molecular formula is C20H24N2O2. The summed E-state index contributed by atoms with van der Waals surface area (Å²) in [5.74, 6) is -0.243. The minimum atomic E-state index is -0.333. The number of carbonyl (C=O) groups excluding carboxylic acids is 1. The fourth-order valence-electron chi connectivity index (χ4n) is 3.25. The Morgan fingerprint density at radius 1 is 1.00 bits per heavy atom. The van der Waals surface area contributed by atoms with Crippen LogP contribution in [0.25, 0.3) is 0 Å². The van der Waals surface area contributed by atoms with Crippen LogP contribution in [0.2, 0.25) is 0 Å². The first-order valence-electron chi connectivity index (χ1n) is 8.42. The standard InChI is InChI=1S/C20H24N2O2/c1-5-22(6-2)18-10-8-7-9-16(18)19-15-12-11-14(21(3)4)13-17(15)20(23)24-19/h7-13,19H,5-6H2,1-4H3. The van der Waals surface area contributed by atoms with Gasteiger partial charge in [0.1, 0.15) is 0 Å². The largest absolute Gasteiger partial charge is 0.449 e. The molecule has 2 aromatic carbocycles. The highest BCUT2D eigenvalue weighted by molar-refractivity contribution is 5.96. The highest BCUT2D eigenvalue weighted by Crippen LogP contribution is 2.40. The van der Waals surface area contributed by atoms with E-state index in [1.807, 2.05) is 49.3 Å². The van der Waals surface area contributed by atoms with Crippen LogP contribution in [-0.4, -0.2) is 33.2 Å². The van der Waals surface area contributed by atoms with E-state index in [9.17, 15) is 4.79 Å². The summed E-state index contributed by atoms with van der Waals surface area (Å²) < 4.78 is 5.75. The number of ether oxygens (including phenoxy) is 1. The topological polar surface area (TPSA) is 32.8 Å². The summed E-state index contributed by atoms with van der Waals surface area (Å²) in [6.45, 7) is 6.11. The van der Waals surface area contributed by atoms with Crippen LogP contribution in [0.3, 0.4) is 0 Å². The number of anilines is 2. The number of fused-ring (bicyclic) bond motifs is 1. The molecule has 2 aromatic rings. The second-order valence-corrected chi connectivity index (χ2v) is 6.18. The van der Waals surface area contributed by atoms with Gasteiger partial charge in [-0.05, 0) is 32.0 Å². The Bertz CT molecular complexity index is 751. The molecule has 0 saturated carbocycles. The van der Waals surface area contributed by atoms with E-state index in [1.165, 1.54) is 0 Å². The molecule has 4 heteroatoms. The summed E-state index contributed by atoms with van der Waals surface area (Å²) in [4.78, 5) is 16.7. The van der Waals surface area contributed by atoms with Gasteiger partial charge in [0.2, 0.25) is 0 Å². The predicted molar refractivity (Wildman–Crippen MR) is 98.0 cm³/mol. The van der Waals surface area contributed by atoms with Crippen LogP contribution < -0.4 is 9.80 Å². The van der Waals surface area contributed by atoms with Crippen molar-refractivity contribution in [1.82, 2.24) is 0 Å². The molecule has 1 unspecified atom stereocenters. The highest BCUT2D eigenvalue weighted by Gasteiger charge is 2.34. The summed E-state index contributed by atoms with van der Waals surface area (Å²) in [6, 6.07) is 14.2. The molecule has 0 bridgehead atoms. The third-order valence-electron chi connectivity index (χ3n) is 4.60. The van der Waals surface area contributed by atoms with E-state index in [-0.39, 0.29) is 12.1 Å². The maximum Gasteiger partial charge on any atom is 0.339 e. The van der Waals surface area contributed by atoms with Crippen molar-refractivity contribution >= 4 is 17.3 Å². The molecule has 0 radical (unpaired) electrons. The van der Waals surface area contributed by atoms with E-state index in [0.29, 0.717) is 5.56 Å². The Balaban J connectivity index is 2.07. The summed E-state index contributed by atoms with van der Waals surface area (Å²) in [5, 5.41) is 0. The van der Waals surface area contributed by atoms with Gasteiger partial charge in [-0.1, -0.05) is 24.3 Å². The summed E-state index contributed by atoms with van der Waals surface area (Å²) in [5.41, 5.74) is 4.80. The number of para-hydroxylation sites is 1. The van der Waals surface area contributed by atoms with E-state index >= 15 is 0 Å². The molecule has 24 heavy (non-hydrogen) atoms. The second-order valence-electron chi connectivity index (χ2n) is 6.18. The fourth-order valence-corrected chi connectivity index (χ4v) is 3.25. The third-order valence-corrected chi connectivity index (χ3v) is 4.60. The van der Waals surface area contributed by atoms with Crippen LogP contribution in [0.5, 0.6) is 0 Å². The number of carbonyl (C=O) groups is 1. The van der Waals surface area contributed by atoms with Crippen LogP contribution in [0.15, 0.2) is 42.5 Å². The molecule has 0 saturated heterocycles. The highest BCUT2D eigenvalue weighted by atomic mass is 16.5. The summed E-state index contributed by atoms with van der Waals surface area (Å²) >= 11 is 0. The molecule has 1 aliphatic rings. The van der Waals surface area contributed by atoms with Gasteiger partial charge in [-0.25, -0.2) is 4.79 Å². The monoisotopic (exact) mass is 324 g/mol. The molecule has 0 fully saturated rings. The van der Waals surface area contributed by atoms with E-state index in [0.717, 1.165) is 35.6 Å². The van der Waals surface area contributed by atoms with E-state index in [1.54, 1.807) is 0 Å². The van der Waals surface area contributed by atoms with Crippen molar-refractivity contribution in [2.75, 3.05) is 37.0 Å². The van der Waals surface area contributed by atoms with Crippen molar-refractivity contribution in [2.24, 2.45) is 0 Å². The van der Waals surface area contributed by atoms with Crippen molar-refractivity contribution in [3.63, 3.8) is 0 Å². The van der Waals surface area contributed by atoms with Crippen molar-refractivity contribution < 1.29 is 9.53 Å². The zero-order valence-corrected chi connectivity index (χ0v) is 14.7. The van der Waals surface area contributed by atoms with Crippen LogP contribution >= 0.6 is 0 Å². The molecule has 0 aromatic heterocycles. The molecule has 1 atom stereocenters. The van der Waals surface area contributed by atoms with Crippen LogP contribution in [0.4, 0.5) is 11.4 Å². The zero-order chi connectivity index (χ0) is 17.3. The second kappa shape index (κ2) is 6.56. The lowest BCUT2D eigenvalue weighted by atomic mass is 9.97. The van der Waals surface area contributed by atoms with E-state index in [2.05, 4.69) is 30.9 Å². The molecule has 126 valence electrons. The first kappa shape index (κ1) is 16.4. The average molecular weight is 324 g/mol. The molecule has 3 rings (SSSR count). The van der Waals surface area contributed by atoms with Gasteiger partial charge in [-0.2, -0.15) is 0 Å². The minimum absolute atomic E-state index is 0.243. The maximum absolute atomic E-state index is 12.4. The van der Waals surface area contributed by atoms with E-state index < -0.39 is 0 Å². The quantitative estimate of drug-likeness (QED) is 0.782. The van der Waals surface area contributed by atoms with Gasteiger partial charge in [0.05, 0.1) is 5.56 Å². The van der Waals surface area contributed by atoms with Gasteiger partial charge in [-0.15, -0.1) is 0 Å². The van der Waals surface area contributed by atoms with Crippen LogP contribution in [0.1, 0.15) is 41.4 Å². The van der Waals surface area contributed by atoms with Crippen molar-refractivity contribution in [3.05, 3.63) is 59.2 Å². The van der Waals surface area contributed by atoms with Crippen molar-refractivity contribution in [1.29, 1.82) is 0 Å². The molecule has 0 N–H and O–H groups in total. The van der Waals surface area contributed by atoms with Crippen LogP contribution in [0, 0.1) is 0 Å². The number of rotatable bonds is 5. The van der Waals surface area contributed by atoms with Gasteiger partial charge in [0.15, 0.2) is 6.10 Å². The lowest BCUT2D eigenvalue weighted by Crippen LogP contribution is -2.24. The molecule has 4 nitrogen and oxygen atoms in total. The average Bonchev–Trinajstić information content (AvgIpc) is 2.93. The Labute approximate surface area is 143 Å². The van der Waals surface area contributed by atoms with Gasteiger partial charge in [0.25, 0.3) is 0 Å². The van der Waals surface area contributed by atoms with Crippen molar-refractivity contribution in [2.45, 2.75) is 20.0 Å². The number of hydrogen-bond acceptors (Lipinski definition) is 4. The molecular weight excluding hydrogens is 300 g/mol. The van der Waals surface area contributed by atoms with Gasteiger partial charge < -0.3 is 14.5 Å². The lowest BCUT2D eigenvalue weighted by Gasteiger charge is -2.26. The Hall–Kier alpha value is -2.49. The maximum atomic E-state index is 12.4. The molecule has 0 spiro atoms. The lowest BCUT2D eigenvalue weighted by molar-refractivity contribution is 0.0456. The molecule has 1 aliphatic heterocycles. The summed E-state index contributed by atoms with van der Waals surface area (Å²) in [6.07, 6.45) is -0.333. The first-order valence-corrected chi connectivity index (χ1v) is 8.42. The molecule has 1 heterocycles. The number of nitrogens with zero attached hydrogens (tertiary/aromatic N) is 2. The SMILES string of the molecule is CCN(CC)c1ccccc1C1OC(=O)c2cc(N(C)C)ccc21. The zero-order valence-electron chi connectivity index (χ0n) is 14.7. The smallest absolute Gasteiger partial charge is 0.339 e. The normalized spacial score (nSPS) is 15.8. The number of benzene rings is 2. The Morgan fingerprint density at radius 3 is 2.38 bits per heavy atom. The van der Waals surface area contributed by atoms with Crippen LogP contribution in [-0.2, 0) is 4.74 Å². The molecule has 0 aliphatic carbocycles. The summed E-state index contributed by atoms with van der Waals surface area (Å²) in [7, 11) is 3.93. The fraction of sp³-hybridized carbons (Fsp3) is 0.350. The van der Waals surface area contributed by atoms with Crippen molar-refractivity contribution in [3.8, 4) is 0 Å². The van der Waals surface area contributed by atoms with E-state index in [4.69, 9.17) is 4.74 Å². The first-order chi connectivity index (χ1) is 11.6. The molecule has 0 amide bonds. The predicted octanol–water partition coefficient (Wildman–Crippen LogP) is 3.86. The number of esters is 1.